The second-order valence-electron chi connectivity index (χ2n) is 3.92. The van der Waals surface area contributed by atoms with Crippen molar-refractivity contribution >= 4 is 27.2 Å². The lowest BCUT2D eigenvalue weighted by atomic mass is 10.0. The lowest BCUT2D eigenvalue weighted by Crippen LogP contribution is -1.99. The van der Waals surface area contributed by atoms with Crippen LogP contribution < -0.4 is 0 Å². The van der Waals surface area contributed by atoms with E-state index in [9.17, 15) is 4.79 Å². The summed E-state index contributed by atoms with van der Waals surface area (Å²) in [6.45, 7) is 1.84. The second kappa shape index (κ2) is 3.86. The molecule has 0 unspecified atom stereocenters. The van der Waals surface area contributed by atoms with Crippen molar-refractivity contribution < 1.29 is 9.21 Å². The average molecular weight is 242 g/mol. The zero-order chi connectivity index (χ0) is 11.8. The van der Waals surface area contributed by atoms with Crippen LogP contribution in [0.15, 0.2) is 46.4 Å². The van der Waals surface area contributed by atoms with Crippen molar-refractivity contribution in [2.45, 2.75) is 6.92 Å². The Morgan fingerprint density at radius 2 is 2.18 bits per heavy atom. The summed E-state index contributed by atoms with van der Waals surface area (Å²) < 4.78 is 6.22. The SMILES string of the molecule is Cc1cc(C(=O)c2cccc3ccsc23)co1. The molecule has 2 aromatic heterocycles. The minimum absolute atomic E-state index is 0.0231. The maximum atomic E-state index is 12.3. The molecule has 0 fully saturated rings. The number of carbonyl (C=O) groups is 1. The van der Waals surface area contributed by atoms with E-state index < -0.39 is 0 Å². The number of benzene rings is 1. The monoisotopic (exact) mass is 242 g/mol. The van der Waals surface area contributed by atoms with Crippen LogP contribution in [0.1, 0.15) is 21.7 Å². The highest BCUT2D eigenvalue weighted by atomic mass is 32.1. The Hall–Kier alpha value is -1.87. The number of furan rings is 1. The largest absolute Gasteiger partial charge is 0.469 e. The highest BCUT2D eigenvalue weighted by Gasteiger charge is 2.14. The van der Waals surface area contributed by atoms with E-state index in [0.717, 1.165) is 21.4 Å². The van der Waals surface area contributed by atoms with Gasteiger partial charge in [0.1, 0.15) is 12.0 Å². The summed E-state index contributed by atoms with van der Waals surface area (Å²) in [5, 5.41) is 3.11. The molecule has 0 aliphatic carbocycles. The van der Waals surface area contributed by atoms with Crippen LogP contribution in [0.4, 0.5) is 0 Å². The van der Waals surface area contributed by atoms with Gasteiger partial charge in [-0.25, -0.2) is 0 Å². The third kappa shape index (κ3) is 1.68. The Morgan fingerprint density at radius 1 is 1.29 bits per heavy atom. The molecule has 0 aliphatic rings. The van der Waals surface area contributed by atoms with Gasteiger partial charge in [-0.3, -0.25) is 4.79 Å². The molecule has 0 spiro atoms. The third-order valence-electron chi connectivity index (χ3n) is 2.72. The quantitative estimate of drug-likeness (QED) is 0.635. The highest BCUT2D eigenvalue weighted by Crippen LogP contribution is 2.26. The molecule has 0 amide bonds. The summed E-state index contributed by atoms with van der Waals surface area (Å²) in [5.41, 5.74) is 1.36. The predicted octanol–water partition coefficient (Wildman–Crippen LogP) is 4.03. The minimum atomic E-state index is 0.0231. The lowest BCUT2D eigenvalue weighted by molar-refractivity contribution is 0.104. The molecule has 17 heavy (non-hydrogen) atoms. The number of carbonyl (C=O) groups excluding carboxylic acids is 1. The Balaban J connectivity index is 2.15. The van der Waals surface area contributed by atoms with Crippen molar-refractivity contribution in [1.82, 2.24) is 0 Å². The number of rotatable bonds is 2. The maximum absolute atomic E-state index is 12.3. The molecule has 0 bridgehead atoms. The van der Waals surface area contributed by atoms with Crippen molar-refractivity contribution in [2.75, 3.05) is 0 Å². The Labute approximate surface area is 102 Å². The molecule has 0 saturated heterocycles. The summed E-state index contributed by atoms with van der Waals surface area (Å²) in [4.78, 5) is 12.3. The third-order valence-corrected chi connectivity index (χ3v) is 3.68. The molecule has 0 N–H and O–H groups in total. The van der Waals surface area contributed by atoms with E-state index >= 15 is 0 Å². The van der Waals surface area contributed by atoms with E-state index in [4.69, 9.17) is 4.42 Å². The normalized spacial score (nSPS) is 10.9. The number of ketones is 1. The second-order valence-corrected chi connectivity index (χ2v) is 4.84. The van der Waals surface area contributed by atoms with Gasteiger partial charge in [-0.05, 0) is 35.9 Å². The highest BCUT2D eigenvalue weighted by molar-refractivity contribution is 7.17. The smallest absolute Gasteiger partial charge is 0.197 e. The maximum Gasteiger partial charge on any atom is 0.197 e. The van der Waals surface area contributed by atoms with Gasteiger partial charge in [0.2, 0.25) is 0 Å². The van der Waals surface area contributed by atoms with Crippen LogP contribution in [0.5, 0.6) is 0 Å². The van der Waals surface area contributed by atoms with E-state index in [2.05, 4.69) is 0 Å². The first-order valence-electron chi connectivity index (χ1n) is 5.32. The first kappa shape index (κ1) is 10.3. The summed E-state index contributed by atoms with van der Waals surface area (Å²) >= 11 is 1.59. The van der Waals surface area contributed by atoms with Crippen LogP contribution >= 0.6 is 11.3 Å². The molecular formula is C14H10O2S. The first-order valence-corrected chi connectivity index (χ1v) is 6.20. The van der Waals surface area contributed by atoms with Gasteiger partial charge in [0.25, 0.3) is 0 Å². The van der Waals surface area contributed by atoms with Gasteiger partial charge in [0.05, 0.1) is 5.56 Å². The number of hydrogen-bond donors (Lipinski definition) is 0. The van der Waals surface area contributed by atoms with Gasteiger partial charge in [-0.15, -0.1) is 11.3 Å². The number of hydrogen-bond acceptors (Lipinski definition) is 3. The fraction of sp³-hybridized carbons (Fsp3) is 0.0714. The van der Waals surface area contributed by atoms with Gasteiger partial charge >= 0.3 is 0 Å². The molecule has 3 rings (SSSR count). The van der Waals surface area contributed by atoms with Crippen LogP contribution in [0.25, 0.3) is 10.1 Å². The molecule has 2 heterocycles. The van der Waals surface area contributed by atoms with Crippen molar-refractivity contribution in [3.05, 3.63) is 58.9 Å². The zero-order valence-corrected chi connectivity index (χ0v) is 10.1. The van der Waals surface area contributed by atoms with Crippen LogP contribution in [-0.2, 0) is 0 Å². The fourth-order valence-corrected chi connectivity index (χ4v) is 2.80. The average Bonchev–Trinajstić information content (AvgIpc) is 2.95. The van der Waals surface area contributed by atoms with Crippen LogP contribution in [0.3, 0.4) is 0 Å². The van der Waals surface area contributed by atoms with E-state index in [-0.39, 0.29) is 5.78 Å². The van der Waals surface area contributed by atoms with E-state index in [1.807, 2.05) is 36.6 Å². The molecule has 0 aliphatic heterocycles. The molecule has 0 atom stereocenters. The molecule has 3 aromatic rings. The zero-order valence-electron chi connectivity index (χ0n) is 9.27. The lowest BCUT2D eigenvalue weighted by Gasteiger charge is -1.99. The van der Waals surface area contributed by atoms with Crippen molar-refractivity contribution in [3.63, 3.8) is 0 Å². The van der Waals surface area contributed by atoms with Gasteiger partial charge < -0.3 is 4.42 Å². The number of aryl methyl sites for hydroxylation is 1. The van der Waals surface area contributed by atoms with Crippen LogP contribution in [-0.4, -0.2) is 5.78 Å². The van der Waals surface area contributed by atoms with Crippen molar-refractivity contribution in [1.29, 1.82) is 0 Å². The van der Waals surface area contributed by atoms with Gasteiger partial charge in [0.15, 0.2) is 5.78 Å². The Morgan fingerprint density at radius 3 is 2.94 bits per heavy atom. The van der Waals surface area contributed by atoms with Gasteiger partial charge in [-0.1, -0.05) is 12.1 Å². The Bertz CT molecular complexity index is 691. The summed E-state index contributed by atoms with van der Waals surface area (Å²) in [7, 11) is 0. The van der Waals surface area contributed by atoms with Gasteiger partial charge in [-0.2, -0.15) is 0 Å². The molecule has 0 saturated carbocycles. The molecule has 1 aromatic carbocycles. The molecule has 3 heteroatoms. The van der Waals surface area contributed by atoms with E-state index in [0.29, 0.717) is 5.56 Å². The summed E-state index contributed by atoms with van der Waals surface area (Å²) in [6, 6.07) is 9.59. The van der Waals surface area contributed by atoms with E-state index in [1.54, 1.807) is 17.4 Å². The molecule has 0 radical (unpaired) electrons. The molecule has 2 nitrogen and oxygen atoms in total. The minimum Gasteiger partial charge on any atom is -0.469 e. The summed E-state index contributed by atoms with van der Waals surface area (Å²) in [5.74, 6) is 0.779. The standard InChI is InChI=1S/C14H10O2S/c1-9-7-11(8-16-9)13(15)12-4-2-3-10-5-6-17-14(10)12/h2-8H,1H3. The predicted molar refractivity (Wildman–Crippen MR) is 68.7 cm³/mol. The van der Waals surface area contributed by atoms with E-state index in [1.165, 1.54) is 6.26 Å². The number of fused-ring (bicyclic) bond motifs is 1. The van der Waals surface area contributed by atoms with Gasteiger partial charge in [0, 0.05) is 10.3 Å². The molecule has 84 valence electrons. The molecular weight excluding hydrogens is 232 g/mol. The fourth-order valence-electron chi connectivity index (χ4n) is 1.89. The van der Waals surface area contributed by atoms with Crippen molar-refractivity contribution in [3.8, 4) is 0 Å². The Kier molecular flexibility index (Phi) is 2.34. The van der Waals surface area contributed by atoms with Crippen molar-refractivity contribution in [2.24, 2.45) is 0 Å². The van der Waals surface area contributed by atoms with Crippen LogP contribution in [0, 0.1) is 6.92 Å². The first-order chi connectivity index (χ1) is 8.25. The topological polar surface area (TPSA) is 30.2 Å². The summed E-state index contributed by atoms with van der Waals surface area (Å²) in [6.07, 6.45) is 1.52. The number of thiophene rings is 1. The van der Waals surface area contributed by atoms with Crippen LogP contribution in [0.2, 0.25) is 0 Å².